The first kappa shape index (κ1) is 78.2. The molecule has 11 nitrogen and oxygen atoms in total. The Kier molecular flexibility index (Phi) is 58.0. The molecule has 7 unspecified atom stereocenters. The Bertz CT molecular complexity index is 1410. The topological polar surface area (TPSA) is 175 Å². The number of hydrogen-bond acceptors (Lipinski definition) is 10. The summed E-state index contributed by atoms with van der Waals surface area (Å²) in [7, 11) is 0. The summed E-state index contributed by atoms with van der Waals surface area (Å²) in [6, 6.07) is -0.805. The Morgan fingerprint density at radius 1 is 0.439 bits per heavy atom. The smallest absolute Gasteiger partial charge is 0.305 e. The minimum Gasteiger partial charge on any atom is -0.466 e. The summed E-state index contributed by atoms with van der Waals surface area (Å²) >= 11 is 0. The summed E-state index contributed by atoms with van der Waals surface area (Å²) < 4.78 is 16.7. The Morgan fingerprint density at radius 3 is 1.17 bits per heavy atom. The van der Waals surface area contributed by atoms with Crippen LogP contribution in [-0.4, -0.2) is 100 Å². The van der Waals surface area contributed by atoms with Crippen LogP contribution >= 0.6 is 0 Å². The van der Waals surface area contributed by atoms with E-state index in [9.17, 15) is 35.1 Å². The molecule has 0 aromatic carbocycles. The van der Waals surface area contributed by atoms with Crippen molar-refractivity contribution in [3.63, 3.8) is 0 Å². The number of allylic oxidation sites excluding steroid dienone is 3. The molecule has 7 atom stereocenters. The molecular formula is C71H135NO10. The van der Waals surface area contributed by atoms with Gasteiger partial charge in [0.05, 0.1) is 32.0 Å². The van der Waals surface area contributed by atoms with E-state index >= 15 is 0 Å². The molecule has 1 aliphatic heterocycles. The van der Waals surface area contributed by atoms with Gasteiger partial charge in [-0.3, -0.25) is 9.59 Å². The summed E-state index contributed by atoms with van der Waals surface area (Å²) in [4.78, 5) is 25.1. The third-order valence-electron chi connectivity index (χ3n) is 17.1. The molecule has 0 spiro atoms. The third kappa shape index (κ3) is 49.3. The number of esters is 1. The van der Waals surface area contributed by atoms with Crippen molar-refractivity contribution in [2.45, 2.75) is 397 Å². The van der Waals surface area contributed by atoms with Gasteiger partial charge in [0, 0.05) is 12.8 Å². The molecule has 0 aliphatic carbocycles. The van der Waals surface area contributed by atoms with Crippen LogP contribution in [0.4, 0.5) is 0 Å². The Balaban J connectivity index is 1.90. The number of nitrogens with one attached hydrogen (secondary N) is 1. The van der Waals surface area contributed by atoms with Crippen LogP contribution in [-0.2, 0) is 23.8 Å². The largest absolute Gasteiger partial charge is 0.466 e. The molecule has 82 heavy (non-hydrogen) atoms. The molecule has 1 amide bonds. The second-order valence-corrected chi connectivity index (χ2v) is 24.9. The normalized spacial score (nSPS) is 18.3. The van der Waals surface area contributed by atoms with E-state index in [0.717, 1.165) is 51.4 Å². The van der Waals surface area contributed by atoms with Crippen molar-refractivity contribution in [3.8, 4) is 0 Å². The molecule has 0 saturated carbocycles. The zero-order chi connectivity index (χ0) is 59.5. The quantitative estimate of drug-likeness (QED) is 0.0195. The number of amides is 1. The van der Waals surface area contributed by atoms with Crippen molar-refractivity contribution >= 4 is 11.9 Å². The van der Waals surface area contributed by atoms with Crippen molar-refractivity contribution in [3.05, 3.63) is 24.3 Å². The molecule has 0 aromatic heterocycles. The fourth-order valence-corrected chi connectivity index (χ4v) is 11.4. The number of ether oxygens (including phenoxy) is 3. The molecule has 0 radical (unpaired) electrons. The van der Waals surface area contributed by atoms with Gasteiger partial charge in [0.1, 0.15) is 24.4 Å². The minimum absolute atomic E-state index is 0.0125. The van der Waals surface area contributed by atoms with Gasteiger partial charge in [0.25, 0.3) is 0 Å². The lowest BCUT2D eigenvalue weighted by atomic mass is 9.99. The molecule has 484 valence electrons. The van der Waals surface area contributed by atoms with E-state index in [1.807, 2.05) is 6.08 Å². The zero-order valence-electron chi connectivity index (χ0n) is 53.7. The van der Waals surface area contributed by atoms with E-state index in [2.05, 4.69) is 31.3 Å². The number of aliphatic hydroxyl groups is 5. The number of carbonyl (C=O) groups excluding carboxylic acids is 2. The van der Waals surface area contributed by atoms with Crippen molar-refractivity contribution < 1.29 is 49.3 Å². The fraction of sp³-hybridized carbons (Fsp3) is 0.915. The highest BCUT2D eigenvalue weighted by atomic mass is 16.7. The maximum absolute atomic E-state index is 13.0. The van der Waals surface area contributed by atoms with Crippen molar-refractivity contribution in [2.75, 3.05) is 19.8 Å². The van der Waals surface area contributed by atoms with E-state index in [4.69, 9.17) is 14.2 Å². The van der Waals surface area contributed by atoms with E-state index in [1.165, 1.54) is 276 Å². The Labute approximate surface area is 505 Å². The number of hydrogen-bond donors (Lipinski definition) is 6. The van der Waals surface area contributed by atoms with Gasteiger partial charge in [0.2, 0.25) is 5.91 Å². The first-order valence-electron chi connectivity index (χ1n) is 35.6. The summed E-state index contributed by atoms with van der Waals surface area (Å²) in [6.07, 6.45) is 66.2. The van der Waals surface area contributed by atoms with Gasteiger partial charge < -0.3 is 45.1 Å². The number of rotatable bonds is 63. The minimum atomic E-state index is -1.57. The maximum Gasteiger partial charge on any atom is 0.305 e. The van der Waals surface area contributed by atoms with Gasteiger partial charge in [-0.25, -0.2) is 0 Å². The van der Waals surface area contributed by atoms with Gasteiger partial charge in [-0.2, -0.15) is 0 Å². The van der Waals surface area contributed by atoms with E-state index in [0.29, 0.717) is 19.4 Å². The van der Waals surface area contributed by atoms with Crippen LogP contribution in [0.15, 0.2) is 24.3 Å². The van der Waals surface area contributed by atoms with E-state index < -0.39 is 49.5 Å². The van der Waals surface area contributed by atoms with Gasteiger partial charge in [0.15, 0.2) is 6.29 Å². The van der Waals surface area contributed by atoms with Gasteiger partial charge >= 0.3 is 5.97 Å². The molecule has 1 saturated heterocycles. The average Bonchev–Trinajstić information content (AvgIpc) is 3.68. The SMILES string of the molecule is CCCCCCCCC/C=C/C(O)C(COC1OC(CO)C(O)C(O)C1O)NC(=O)CCCCCCCCCCCCCCCCCCC/C=C\CCCCCCCCCCCCCCOC(=O)CCCCCCCCCCCCCC. The van der Waals surface area contributed by atoms with E-state index in [-0.39, 0.29) is 18.5 Å². The van der Waals surface area contributed by atoms with Crippen LogP contribution in [0.5, 0.6) is 0 Å². The van der Waals surface area contributed by atoms with Crippen LogP contribution in [0, 0.1) is 0 Å². The lowest BCUT2D eigenvalue weighted by Crippen LogP contribution is -2.60. The lowest BCUT2D eigenvalue weighted by Gasteiger charge is -2.40. The second-order valence-electron chi connectivity index (χ2n) is 24.9. The average molecular weight is 1160 g/mol. The van der Waals surface area contributed by atoms with E-state index in [1.54, 1.807) is 6.08 Å². The fourth-order valence-electron chi connectivity index (χ4n) is 11.4. The predicted molar refractivity (Wildman–Crippen MR) is 343 cm³/mol. The lowest BCUT2D eigenvalue weighted by molar-refractivity contribution is -0.302. The first-order chi connectivity index (χ1) is 40.2. The molecule has 0 bridgehead atoms. The van der Waals surface area contributed by atoms with Gasteiger partial charge in [-0.05, 0) is 57.8 Å². The summed E-state index contributed by atoms with van der Waals surface area (Å²) in [5, 5.41) is 54.3. The van der Waals surface area contributed by atoms with Crippen LogP contribution in [0.2, 0.25) is 0 Å². The Hall–Kier alpha value is -1.86. The highest BCUT2D eigenvalue weighted by Crippen LogP contribution is 2.23. The standard InChI is InChI=1S/C71H135NO10/c1-3-5-7-9-11-13-14-39-43-47-51-55-59-67(76)80-60-56-52-48-44-40-37-35-33-31-29-27-25-23-21-19-17-15-16-18-20-22-24-26-28-30-32-34-36-38-42-46-50-54-58-66(75)72-63(64(74)57-53-49-45-41-12-10-8-6-4-2)62-81-71-70(79)69(78)68(77)65(61-73)82-71/h19,21,53,57,63-65,68-71,73-74,77-79H,3-18,20,22-52,54-56,58-62H2,1-2H3,(H,72,75)/b21-19-,57-53+. The van der Waals surface area contributed by atoms with Crippen LogP contribution < -0.4 is 5.32 Å². The van der Waals surface area contributed by atoms with Crippen LogP contribution in [0.1, 0.15) is 354 Å². The molecular weight excluding hydrogens is 1030 g/mol. The molecule has 11 heteroatoms. The summed E-state index contributed by atoms with van der Waals surface area (Å²) in [5.74, 6) is -0.167. The van der Waals surface area contributed by atoms with Crippen LogP contribution in [0.25, 0.3) is 0 Å². The molecule has 1 fully saturated rings. The first-order valence-corrected chi connectivity index (χ1v) is 35.6. The summed E-state index contributed by atoms with van der Waals surface area (Å²) in [6.45, 7) is 4.35. The summed E-state index contributed by atoms with van der Waals surface area (Å²) in [5.41, 5.74) is 0. The highest BCUT2D eigenvalue weighted by Gasteiger charge is 2.44. The number of carbonyl (C=O) groups is 2. The third-order valence-corrected chi connectivity index (χ3v) is 17.1. The second kappa shape index (κ2) is 60.8. The number of unbranched alkanes of at least 4 members (excludes halogenated alkanes) is 47. The van der Waals surface area contributed by atoms with Gasteiger partial charge in [-0.1, -0.05) is 308 Å². The molecule has 0 aromatic rings. The van der Waals surface area contributed by atoms with Crippen molar-refractivity contribution in [2.24, 2.45) is 0 Å². The predicted octanol–water partition coefficient (Wildman–Crippen LogP) is 18.0. The molecule has 6 N–H and O–H groups in total. The monoisotopic (exact) mass is 1160 g/mol. The molecule has 1 rings (SSSR count). The van der Waals surface area contributed by atoms with Crippen molar-refractivity contribution in [1.29, 1.82) is 0 Å². The van der Waals surface area contributed by atoms with Gasteiger partial charge in [-0.15, -0.1) is 0 Å². The molecule has 1 heterocycles. The van der Waals surface area contributed by atoms with Crippen molar-refractivity contribution in [1.82, 2.24) is 5.32 Å². The zero-order valence-corrected chi connectivity index (χ0v) is 53.7. The number of aliphatic hydroxyl groups excluding tert-OH is 5. The highest BCUT2D eigenvalue weighted by molar-refractivity contribution is 5.76. The maximum atomic E-state index is 13.0. The molecule has 1 aliphatic rings. The van der Waals surface area contributed by atoms with Crippen LogP contribution in [0.3, 0.4) is 0 Å². The Morgan fingerprint density at radius 2 is 0.780 bits per heavy atom.